The van der Waals surface area contributed by atoms with Crippen LogP contribution in [0.5, 0.6) is 0 Å². The van der Waals surface area contributed by atoms with Crippen LogP contribution in [0.1, 0.15) is 23.7 Å². The summed E-state index contributed by atoms with van der Waals surface area (Å²) in [4.78, 5) is 0. The number of methoxy groups -OCH3 is 1. The lowest BCUT2D eigenvalue weighted by molar-refractivity contribution is 0.150. The fourth-order valence-corrected chi connectivity index (χ4v) is 1.34. The van der Waals surface area contributed by atoms with Crippen LogP contribution >= 0.6 is 0 Å². The summed E-state index contributed by atoms with van der Waals surface area (Å²) in [6, 6.07) is 7.59. The number of rotatable bonds is 3. The highest BCUT2D eigenvalue weighted by atomic mass is 16.5. The average Bonchev–Trinajstić information content (AvgIpc) is 2.33. The van der Waals surface area contributed by atoms with E-state index in [9.17, 15) is 0 Å². The van der Waals surface area contributed by atoms with Crippen LogP contribution in [-0.4, -0.2) is 18.8 Å². The Hall–Kier alpha value is -1.74. The molecule has 2 heteroatoms. The second-order valence-corrected chi connectivity index (χ2v) is 3.15. The van der Waals surface area contributed by atoms with E-state index in [-0.39, 0.29) is 12.7 Å². The van der Waals surface area contributed by atoms with Gasteiger partial charge in [-0.2, -0.15) is 0 Å². The molecule has 1 N–H and O–H groups in total. The summed E-state index contributed by atoms with van der Waals surface area (Å²) >= 11 is 0. The molecule has 0 radical (unpaired) electrons. The van der Waals surface area contributed by atoms with Crippen LogP contribution in [0.15, 0.2) is 24.3 Å². The standard InChI is InChI=1S/C14H14O2/c1-3-14(16-2)13-10-5-4-8-12(13)9-6-7-11-15/h1,4-5,8,10,14-15H,7,11H2,2H3. The van der Waals surface area contributed by atoms with Crippen molar-refractivity contribution in [1.29, 1.82) is 0 Å². The number of hydrogen-bond acceptors (Lipinski definition) is 2. The third-order valence-electron chi connectivity index (χ3n) is 2.09. The molecule has 0 amide bonds. The van der Waals surface area contributed by atoms with E-state index >= 15 is 0 Å². The van der Waals surface area contributed by atoms with Crippen LogP contribution in [0.4, 0.5) is 0 Å². The molecule has 0 fully saturated rings. The van der Waals surface area contributed by atoms with E-state index in [2.05, 4.69) is 17.8 Å². The van der Waals surface area contributed by atoms with Gasteiger partial charge in [-0.05, 0) is 6.07 Å². The molecule has 1 aromatic rings. The molecule has 0 aliphatic heterocycles. The van der Waals surface area contributed by atoms with Crippen molar-refractivity contribution in [3.8, 4) is 24.2 Å². The van der Waals surface area contributed by atoms with Crippen LogP contribution < -0.4 is 0 Å². The topological polar surface area (TPSA) is 29.5 Å². The fourth-order valence-electron chi connectivity index (χ4n) is 1.34. The van der Waals surface area contributed by atoms with Gasteiger partial charge in [0.25, 0.3) is 0 Å². The SMILES string of the molecule is C#CC(OC)c1ccccc1C#CCCO. The van der Waals surface area contributed by atoms with Crippen molar-refractivity contribution in [1.82, 2.24) is 0 Å². The summed E-state index contributed by atoms with van der Waals surface area (Å²) in [7, 11) is 1.57. The van der Waals surface area contributed by atoms with Gasteiger partial charge in [0.1, 0.15) is 6.10 Å². The maximum absolute atomic E-state index is 8.66. The van der Waals surface area contributed by atoms with E-state index < -0.39 is 0 Å². The van der Waals surface area contributed by atoms with Crippen molar-refractivity contribution >= 4 is 0 Å². The van der Waals surface area contributed by atoms with Gasteiger partial charge in [0.05, 0.1) is 6.61 Å². The number of terminal acetylenes is 1. The minimum atomic E-state index is -0.375. The van der Waals surface area contributed by atoms with Gasteiger partial charge in [-0.25, -0.2) is 0 Å². The zero-order chi connectivity index (χ0) is 11.8. The first kappa shape index (κ1) is 12.3. The van der Waals surface area contributed by atoms with Crippen LogP contribution in [-0.2, 0) is 4.74 Å². The van der Waals surface area contributed by atoms with Crippen molar-refractivity contribution in [2.24, 2.45) is 0 Å². The third kappa shape index (κ3) is 3.14. The summed E-state index contributed by atoms with van der Waals surface area (Å²) in [5.41, 5.74) is 1.73. The summed E-state index contributed by atoms with van der Waals surface area (Å²) in [5, 5.41) is 8.66. The molecule has 0 aromatic heterocycles. The molecule has 82 valence electrons. The first-order valence-electron chi connectivity index (χ1n) is 5.01. The molecule has 1 aromatic carbocycles. The van der Waals surface area contributed by atoms with Gasteiger partial charge in [0.15, 0.2) is 0 Å². The van der Waals surface area contributed by atoms with Crippen molar-refractivity contribution in [3.63, 3.8) is 0 Å². The lowest BCUT2D eigenvalue weighted by Crippen LogP contribution is -2.00. The zero-order valence-corrected chi connectivity index (χ0v) is 9.23. The third-order valence-corrected chi connectivity index (χ3v) is 2.09. The maximum Gasteiger partial charge on any atom is 0.143 e. The predicted octanol–water partition coefficient (Wildman–Crippen LogP) is 1.74. The van der Waals surface area contributed by atoms with Crippen LogP contribution in [0.2, 0.25) is 0 Å². The van der Waals surface area contributed by atoms with E-state index in [1.807, 2.05) is 24.3 Å². The minimum absolute atomic E-state index is 0.0675. The van der Waals surface area contributed by atoms with Crippen LogP contribution in [0.3, 0.4) is 0 Å². The largest absolute Gasteiger partial charge is 0.395 e. The Balaban J connectivity index is 3.02. The Morgan fingerprint density at radius 3 is 2.81 bits per heavy atom. The first-order chi connectivity index (χ1) is 7.83. The predicted molar refractivity (Wildman–Crippen MR) is 63.6 cm³/mol. The maximum atomic E-state index is 8.66. The lowest BCUT2D eigenvalue weighted by Gasteiger charge is -2.10. The molecule has 1 unspecified atom stereocenters. The molecular formula is C14H14O2. The van der Waals surface area contributed by atoms with Crippen LogP contribution in [0, 0.1) is 24.2 Å². The van der Waals surface area contributed by atoms with Gasteiger partial charge in [-0.1, -0.05) is 36.0 Å². The summed E-state index contributed by atoms with van der Waals surface area (Å²) in [6.45, 7) is 0.0675. The van der Waals surface area contributed by atoms with E-state index in [0.717, 1.165) is 11.1 Å². The Kier molecular flexibility index (Phi) is 5.16. The average molecular weight is 214 g/mol. The molecule has 0 saturated carbocycles. The Morgan fingerprint density at radius 2 is 2.19 bits per heavy atom. The van der Waals surface area contributed by atoms with E-state index in [1.165, 1.54) is 0 Å². The first-order valence-corrected chi connectivity index (χ1v) is 5.01. The highest BCUT2D eigenvalue weighted by molar-refractivity contribution is 5.44. The highest BCUT2D eigenvalue weighted by Gasteiger charge is 2.09. The number of hydrogen-bond donors (Lipinski definition) is 1. The van der Waals surface area contributed by atoms with Crippen molar-refractivity contribution in [2.75, 3.05) is 13.7 Å². The quantitative estimate of drug-likeness (QED) is 0.777. The highest BCUT2D eigenvalue weighted by Crippen LogP contribution is 2.19. The van der Waals surface area contributed by atoms with Crippen molar-refractivity contribution < 1.29 is 9.84 Å². The molecule has 2 nitrogen and oxygen atoms in total. The summed E-state index contributed by atoms with van der Waals surface area (Å²) < 4.78 is 5.18. The summed E-state index contributed by atoms with van der Waals surface area (Å²) in [6.07, 6.45) is 5.46. The van der Waals surface area contributed by atoms with Gasteiger partial charge in [-0.15, -0.1) is 6.42 Å². The molecule has 0 saturated heterocycles. The molecule has 0 bridgehead atoms. The zero-order valence-electron chi connectivity index (χ0n) is 9.23. The van der Waals surface area contributed by atoms with Gasteiger partial charge >= 0.3 is 0 Å². The molecule has 0 aliphatic carbocycles. The van der Waals surface area contributed by atoms with E-state index in [4.69, 9.17) is 16.3 Å². The smallest absolute Gasteiger partial charge is 0.143 e. The normalized spacial score (nSPS) is 11.1. The second-order valence-electron chi connectivity index (χ2n) is 3.15. The van der Waals surface area contributed by atoms with Gasteiger partial charge < -0.3 is 9.84 Å². The number of ether oxygens (including phenoxy) is 1. The molecule has 0 heterocycles. The van der Waals surface area contributed by atoms with E-state index in [0.29, 0.717) is 6.42 Å². The summed E-state index contributed by atoms with van der Waals surface area (Å²) in [5.74, 6) is 8.41. The Labute approximate surface area is 96.3 Å². The monoisotopic (exact) mass is 214 g/mol. The molecule has 1 rings (SSSR count). The Morgan fingerprint density at radius 1 is 1.44 bits per heavy atom. The number of benzene rings is 1. The van der Waals surface area contributed by atoms with Crippen molar-refractivity contribution in [3.05, 3.63) is 35.4 Å². The minimum Gasteiger partial charge on any atom is -0.395 e. The molecule has 0 spiro atoms. The molecular weight excluding hydrogens is 200 g/mol. The number of aliphatic hydroxyl groups is 1. The van der Waals surface area contributed by atoms with Crippen LogP contribution in [0.25, 0.3) is 0 Å². The van der Waals surface area contributed by atoms with Gasteiger partial charge in [-0.3, -0.25) is 0 Å². The molecule has 0 aliphatic rings. The molecule has 1 atom stereocenters. The van der Waals surface area contributed by atoms with E-state index in [1.54, 1.807) is 7.11 Å². The van der Waals surface area contributed by atoms with Crippen molar-refractivity contribution in [2.45, 2.75) is 12.5 Å². The number of aliphatic hydroxyl groups excluding tert-OH is 1. The fraction of sp³-hybridized carbons (Fsp3) is 0.286. The Bertz CT molecular complexity index is 432. The second kappa shape index (κ2) is 6.69. The lowest BCUT2D eigenvalue weighted by atomic mass is 10.0. The van der Waals surface area contributed by atoms with Gasteiger partial charge in [0.2, 0.25) is 0 Å². The molecule has 16 heavy (non-hydrogen) atoms. The van der Waals surface area contributed by atoms with Gasteiger partial charge in [0, 0.05) is 24.7 Å².